The van der Waals surface area contributed by atoms with Gasteiger partial charge >= 0.3 is 11.9 Å². The number of esters is 1. The molecule has 0 aliphatic carbocycles. The van der Waals surface area contributed by atoms with Gasteiger partial charge in [-0.2, -0.15) is 0 Å². The number of carboxylic acid groups (broad SMARTS) is 1. The summed E-state index contributed by atoms with van der Waals surface area (Å²) >= 11 is 1.19. The Morgan fingerprint density at radius 1 is 1.32 bits per heavy atom. The van der Waals surface area contributed by atoms with E-state index in [2.05, 4.69) is 15.3 Å². The van der Waals surface area contributed by atoms with Crippen LogP contribution < -0.4 is 5.32 Å². The van der Waals surface area contributed by atoms with Crippen molar-refractivity contribution in [3.8, 4) is 0 Å². The van der Waals surface area contributed by atoms with Gasteiger partial charge in [0.1, 0.15) is 12.1 Å². The molecule has 2 aliphatic heterocycles. The van der Waals surface area contributed by atoms with Crippen molar-refractivity contribution in [1.82, 2.24) is 15.2 Å². The molecular formula is C21H18F4N4O4S. The number of hydrogen-bond donors (Lipinski definition) is 2. The number of benzene rings is 1. The van der Waals surface area contributed by atoms with E-state index in [0.717, 1.165) is 24.1 Å². The average molecular weight is 498 g/mol. The van der Waals surface area contributed by atoms with Crippen LogP contribution in [-0.2, 0) is 14.3 Å². The number of aliphatic carboxylic acids is 1. The normalized spacial score (nSPS) is 22.3. The van der Waals surface area contributed by atoms with Gasteiger partial charge in [0.05, 0.1) is 19.2 Å². The lowest BCUT2D eigenvalue weighted by molar-refractivity contribution is -0.142. The predicted octanol–water partition coefficient (Wildman–Crippen LogP) is 2.73. The van der Waals surface area contributed by atoms with Crippen LogP contribution in [-0.4, -0.2) is 64.9 Å². The van der Waals surface area contributed by atoms with Gasteiger partial charge in [-0.05, 0) is 17.7 Å². The largest absolute Gasteiger partial charge is 0.480 e. The fourth-order valence-electron chi connectivity index (χ4n) is 3.94. The number of alkyl halides is 2. The number of hydrogen-bond acceptors (Lipinski definition) is 8. The molecular weight excluding hydrogens is 480 g/mol. The first-order valence-electron chi connectivity index (χ1n) is 9.95. The summed E-state index contributed by atoms with van der Waals surface area (Å²) in [6, 6.07) is 0.304. The van der Waals surface area contributed by atoms with Gasteiger partial charge in [0, 0.05) is 30.2 Å². The lowest BCUT2D eigenvalue weighted by Gasteiger charge is -2.30. The average Bonchev–Trinajstić information content (AvgIpc) is 3.42. The minimum Gasteiger partial charge on any atom is -0.480 e. The van der Waals surface area contributed by atoms with Crippen molar-refractivity contribution in [2.45, 2.75) is 24.4 Å². The minimum atomic E-state index is -3.24. The van der Waals surface area contributed by atoms with Gasteiger partial charge in [-0.3, -0.25) is 14.7 Å². The van der Waals surface area contributed by atoms with Crippen LogP contribution in [0.15, 0.2) is 46.0 Å². The molecule has 34 heavy (non-hydrogen) atoms. The summed E-state index contributed by atoms with van der Waals surface area (Å²) < 4.78 is 60.6. The van der Waals surface area contributed by atoms with Crippen molar-refractivity contribution >= 4 is 29.1 Å². The first-order valence-corrected chi connectivity index (χ1v) is 10.8. The standard InChI is InChI=1S/C21H18F4N4O4S/c1-33-20(32)15-13(8-29-9-21(24,25)7-14(29)19(30)31)27-17(18-26-4-5-34-18)28-16(15)10-2-3-11(22)12(23)6-10/h2-6,14,16H,7-9H2,1H3,(H,27,28)(H,30,31)/t14-,16-/m0/s1. The Kier molecular flexibility index (Phi) is 6.41. The molecule has 4 rings (SSSR count). The van der Waals surface area contributed by atoms with Crippen LogP contribution in [0.3, 0.4) is 0 Å². The van der Waals surface area contributed by atoms with Gasteiger partial charge in [-0.1, -0.05) is 6.07 Å². The zero-order valence-electron chi connectivity index (χ0n) is 17.6. The van der Waals surface area contributed by atoms with Gasteiger partial charge in [-0.25, -0.2) is 27.3 Å². The van der Waals surface area contributed by atoms with Crippen molar-refractivity contribution < 1.29 is 37.0 Å². The smallest absolute Gasteiger partial charge is 0.338 e. The molecule has 0 unspecified atom stereocenters. The molecule has 1 fully saturated rings. The summed E-state index contributed by atoms with van der Waals surface area (Å²) in [6.45, 7) is -1.23. The number of rotatable bonds is 6. The number of carboxylic acids is 1. The second kappa shape index (κ2) is 9.14. The maximum atomic E-state index is 14.1. The lowest BCUT2D eigenvalue weighted by atomic mass is 9.95. The Morgan fingerprint density at radius 3 is 2.71 bits per heavy atom. The number of amidine groups is 1. The van der Waals surface area contributed by atoms with E-state index in [9.17, 15) is 32.3 Å². The molecule has 0 spiro atoms. The van der Waals surface area contributed by atoms with E-state index in [1.54, 1.807) is 5.38 Å². The summed E-state index contributed by atoms with van der Waals surface area (Å²) in [5, 5.41) is 14.4. The van der Waals surface area contributed by atoms with Crippen molar-refractivity contribution in [2.24, 2.45) is 4.99 Å². The van der Waals surface area contributed by atoms with Crippen LogP contribution >= 0.6 is 11.3 Å². The molecule has 3 heterocycles. The highest BCUT2D eigenvalue weighted by Crippen LogP contribution is 2.36. The third-order valence-corrected chi connectivity index (χ3v) is 6.22. The highest BCUT2D eigenvalue weighted by atomic mass is 32.1. The molecule has 8 nitrogen and oxygen atoms in total. The SMILES string of the molecule is COC(=O)C1=C(CN2CC(F)(F)C[C@H]2C(=O)O)NC(c2nccs2)=N[C@H]1c1ccc(F)c(F)c1. The Hall–Kier alpha value is -3.32. The van der Waals surface area contributed by atoms with Crippen LogP contribution in [0.2, 0.25) is 0 Å². The van der Waals surface area contributed by atoms with Crippen molar-refractivity contribution in [2.75, 3.05) is 20.2 Å². The second-order valence-electron chi connectivity index (χ2n) is 7.72. The van der Waals surface area contributed by atoms with Crippen molar-refractivity contribution in [3.05, 3.63) is 63.3 Å². The topological polar surface area (TPSA) is 104 Å². The fourth-order valence-corrected chi connectivity index (χ4v) is 4.53. The molecule has 2 N–H and O–H groups in total. The maximum absolute atomic E-state index is 14.1. The molecule has 0 saturated carbocycles. The number of aliphatic imine (C=N–C) groups is 1. The van der Waals surface area contributed by atoms with Gasteiger partial charge < -0.3 is 15.2 Å². The summed E-state index contributed by atoms with van der Waals surface area (Å²) in [5.74, 6) is -7.68. The number of aromatic nitrogens is 1. The minimum absolute atomic E-state index is 0.0470. The third-order valence-electron chi connectivity index (χ3n) is 5.44. The van der Waals surface area contributed by atoms with E-state index in [-0.39, 0.29) is 29.2 Å². The number of thiazole rings is 1. The lowest BCUT2D eigenvalue weighted by Crippen LogP contribution is -2.43. The molecule has 1 aromatic heterocycles. The van der Waals surface area contributed by atoms with Crippen LogP contribution in [0.1, 0.15) is 23.0 Å². The zero-order valence-corrected chi connectivity index (χ0v) is 18.4. The first kappa shape index (κ1) is 23.8. The predicted molar refractivity (Wildman–Crippen MR) is 112 cm³/mol. The number of likely N-dealkylation sites (tertiary alicyclic amines) is 1. The number of halogens is 4. The highest BCUT2D eigenvalue weighted by molar-refractivity contribution is 7.11. The van der Waals surface area contributed by atoms with Gasteiger partial charge in [0.25, 0.3) is 5.92 Å². The number of carbonyl (C=O) groups excluding carboxylic acids is 1. The number of ether oxygens (including phenoxy) is 1. The Labute approximate surface area is 194 Å². The number of nitrogens with one attached hydrogen (secondary N) is 1. The van der Waals surface area contributed by atoms with Crippen LogP contribution in [0.5, 0.6) is 0 Å². The van der Waals surface area contributed by atoms with E-state index >= 15 is 0 Å². The fraction of sp³-hybridized carbons (Fsp3) is 0.333. The van der Waals surface area contributed by atoms with E-state index < -0.39 is 54.5 Å². The molecule has 1 aromatic carbocycles. The Bertz CT molecular complexity index is 1190. The summed E-state index contributed by atoms with van der Waals surface area (Å²) in [7, 11) is 1.10. The number of nitrogens with zero attached hydrogens (tertiary/aromatic N) is 3. The summed E-state index contributed by atoms with van der Waals surface area (Å²) in [5.41, 5.74) is 0.00722. The van der Waals surface area contributed by atoms with Crippen LogP contribution in [0, 0.1) is 11.6 Å². The Morgan fingerprint density at radius 2 is 2.09 bits per heavy atom. The molecule has 0 bridgehead atoms. The van der Waals surface area contributed by atoms with Gasteiger partial charge in [0.2, 0.25) is 0 Å². The van der Waals surface area contributed by atoms with Crippen LogP contribution in [0.4, 0.5) is 17.6 Å². The van der Waals surface area contributed by atoms with Crippen molar-refractivity contribution in [3.63, 3.8) is 0 Å². The molecule has 2 aliphatic rings. The maximum Gasteiger partial charge on any atom is 0.338 e. The molecule has 2 atom stereocenters. The summed E-state index contributed by atoms with van der Waals surface area (Å²) in [4.78, 5) is 34.0. The van der Waals surface area contributed by atoms with E-state index in [4.69, 9.17) is 4.74 Å². The molecule has 13 heteroatoms. The third kappa shape index (κ3) is 4.66. The monoisotopic (exact) mass is 498 g/mol. The van der Waals surface area contributed by atoms with Gasteiger partial charge in [0.15, 0.2) is 22.5 Å². The molecule has 180 valence electrons. The molecule has 1 saturated heterocycles. The van der Waals surface area contributed by atoms with Crippen LogP contribution in [0.25, 0.3) is 0 Å². The number of carbonyl (C=O) groups is 2. The van der Waals surface area contributed by atoms with E-state index in [0.29, 0.717) is 5.01 Å². The van der Waals surface area contributed by atoms with Gasteiger partial charge in [-0.15, -0.1) is 11.3 Å². The molecule has 0 amide bonds. The summed E-state index contributed by atoms with van der Waals surface area (Å²) in [6.07, 6.45) is 0.612. The second-order valence-corrected chi connectivity index (χ2v) is 8.61. The molecule has 0 radical (unpaired) electrons. The highest BCUT2D eigenvalue weighted by Gasteiger charge is 2.49. The van der Waals surface area contributed by atoms with E-state index in [1.807, 2.05) is 0 Å². The van der Waals surface area contributed by atoms with E-state index in [1.165, 1.54) is 23.6 Å². The Balaban J connectivity index is 1.83. The number of methoxy groups -OCH3 is 1. The van der Waals surface area contributed by atoms with Crippen molar-refractivity contribution in [1.29, 1.82) is 0 Å². The zero-order chi connectivity index (χ0) is 24.6. The molecule has 2 aromatic rings. The quantitative estimate of drug-likeness (QED) is 0.466. The first-order chi connectivity index (χ1) is 16.1.